The van der Waals surface area contributed by atoms with Crippen LogP contribution in [0, 0.1) is 11.3 Å². The molecule has 0 unspecified atom stereocenters. The number of nitrogens with one attached hydrogen (secondary N) is 1. The molecule has 0 bridgehead atoms. The summed E-state index contributed by atoms with van der Waals surface area (Å²) in [7, 11) is 0. The smallest absolute Gasteiger partial charge is 0.356 e. The van der Waals surface area contributed by atoms with Gasteiger partial charge in [-0.15, -0.1) is 0 Å². The Morgan fingerprint density at radius 3 is 2.39 bits per heavy atom. The minimum Gasteiger partial charge on any atom is -0.356 e. The van der Waals surface area contributed by atoms with Crippen molar-refractivity contribution in [2.24, 2.45) is 5.84 Å². The quantitative estimate of drug-likeness (QED) is 0.373. The topological polar surface area (TPSA) is 82.2 Å². The number of halogens is 5. The minimum absolute atomic E-state index is 0.276. The normalized spacial score (nSPS) is 11.7. The number of rotatable bonds is 5. The fourth-order valence-corrected chi connectivity index (χ4v) is 1.85. The van der Waals surface area contributed by atoms with Crippen molar-refractivity contribution < 1.29 is 26.7 Å². The van der Waals surface area contributed by atoms with Crippen LogP contribution >= 0.6 is 0 Å². The van der Waals surface area contributed by atoms with Gasteiger partial charge in [-0.05, 0) is 18.2 Å². The van der Waals surface area contributed by atoms with Gasteiger partial charge in [-0.2, -0.15) is 18.4 Å². The molecule has 1 amide bonds. The van der Waals surface area contributed by atoms with E-state index in [1.807, 2.05) is 0 Å². The third kappa shape index (κ3) is 5.37. The van der Waals surface area contributed by atoms with E-state index >= 15 is 0 Å². The van der Waals surface area contributed by atoms with Crippen LogP contribution in [0.4, 0.5) is 27.6 Å². The molecule has 0 aliphatic heterocycles. The highest BCUT2D eigenvalue weighted by Gasteiger charge is 2.35. The molecule has 0 saturated carbocycles. The number of hydrogen-bond donors (Lipinski definition) is 2. The van der Waals surface area contributed by atoms with Crippen molar-refractivity contribution in [2.45, 2.75) is 19.0 Å². The summed E-state index contributed by atoms with van der Waals surface area (Å²) in [5.74, 6) is 0.753. The predicted molar refractivity (Wildman–Crippen MR) is 71.3 cm³/mol. The molecule has 5 nitrogen and oxygen atoms in total. The third-order valence-electron chi connectivity index (χ3n) is 2.76. The molecule has 0 aliphatic carbocycles. The molecule has 1 rings (SSSR count). The highest BCUT2D eigenvalue weighted by Crippen LogP contribution is 2.34. The maximum absolute atomic E-state index is 13.2. The first-order valence-electron chi connectivity index (χ1n) is 6.21. The number of hydrogen-bond acceptors (Lipinski definition) is 4. The molecule has 1 aromatic carbocycles. The van der Waals surface area contributed by atoms with Gasteiger partial charge in [0.15, 0.2) is 0 Å². The van der Waals surface area contributed by atoms with E-state index in [0.29, 0.717) is 13.0 Å². The standard InChI is InChI=1S/C13H13F5N4O/c1-12(14,15)7-22(6-11(23)21-20)9-3-2-8(5-19)10(4-9)13(16,17)18/h2-4H,6-7,20H2,1H3,(H,21,23). The second-order valence-corrected chi connectivity index (χ2v) is 4.83. The van der Waals surface area contributed by atoms with Crippen molar-refractivity contribution in [1.29, 1.82) is 5.26 Å². The van der Waals surface area contributed by atoms with E-state index in [0.717, 1.165) is 17.0 Å². The van der Waals surface area contributed by atoms with E-state index in [-0.39, 0.29) is 5.69 Å². The summed E-state index contributed by atoms with van der Waals surface area (Å²) in [5, 5.41) is 8.72. The van der Waals surface area contributed by atoms with Crippen LogP contribution in [0.25, 0.3) is 0 Å². The predicted octanol–water partition coefficient (Wildman–Crippen LogP) is 2.03. The molecule has 3 N–H and O–H groups in total. The van der Waals surface area contributed by atoms with Gasteiger partial charge in [-0.3, -0.25) is 10.2 Å². The van der Waals surface area contributed by atoms with E-state index in [9.17, 15) is 26.7 Å². The third-order valence-corrected chi connectivity index (χ3v) is 2.76. The van der Waals surface area contributed by atoms with Gasteiger partial charge in [0, 0.05) is 12.6 Å². The van der Waals surface area contributed by atoms with Gasteiger partial charge >= 0.3 is 6.18 Å². The van der Waals surface area contributed by atoms with Crippen LogP contribution in [0.2, 0.25) is 0 Å². The zero-order valence-corrected chi connectivity index (χ0v) is 11.9. The number of nitrogens with two attached hydrogens (primary N) is 1. The largest absolute Gasteiger partial charge is 0.417 e. The monoisotopic (exact) mass is 336 g/mol. The average Bonchev–Trinajstić information content (AvgIpc) is 2.43. The van der Waals surface area contributed by atoms with Gasteiger partial charge in [-0.25, -0.2) is 14.6 Å². The molecule has 0 radical (unpaired) electrons. The van der Waals surface area contributed by atoms with Crippen molar-refractivity contribution >= 4 is 11.6 Å². The SMILES string of the molecule is CC(F)(F)CN(CC(=O)NN)c1ccc(C#N)c(C(F)(F)F)c1. The molecule has 0 atom stereocenters. The Hall–Kier alpha value is -2.41. The lowest BCUT2D eigenvalue weighted by atomic mass is 10.1. The molecule has 0 saturated heterocycles. The first-order chi connectivity index (χ1) is 10.5. The van der Waals surface area contributed by atoms with E-state index in [4.69, 9.17) is 11.1 Å². The van der Waals surface area contributed by atoms with Gasteiger partial charge in [0.2, 0.25) is 0 Å². The molecular weight excluding hydrogens is 323 g/mol. The van der Waals surface area contributed by atoms with E-state index in [1.165, 1.54) is 6.07 Å². The number of alkyl halides is 5. The van der Waals surface area contributed by atoms with Crippen LogP contribution in [0.15, 0.2) is 18.2 Å². The molecule has 0 aromatic heterocycles. The Balaban J connectivity index is 3.31. The zero-order valence-electron chi connectivity index (χ0n) is 11.9. The zero-order chi connectivity index (χ0) is 17.8. The second-order valence-electron chi connectivity index (χ2n) is 4.83. The lowest BCUT2D eigenvalue weighted by Crippen LogP contribution is -2.44. The van der Waals surface area contributed by atoms with Crippen molar-refractivity contribution in [3.8, 4) is 6.07 Å². The molecule has 23 heavy (non-hydrogen) atoms. The van der Waals surface area contributed by atoms with Gasteiger partial charge in [0.25, 0.3) is 11.8 Å². The number of benzene rings is 1. The molecular formula is C13H13F5N4O. The summed E-state index contributed by atoms with van der Waals surface area (Å²) < 4.78 is 65.2. The van der Waals surface area contributed by atoms with Crippen molar-refractivity contribution in [3.63, 3.8) is 0 Å². The maximum Gasteiger partial charge on any atom is 0.417 e. The Labute approximate surface area is 128 Å². The summed E-state index contributed by atoms with van der Waals surface area (Å²) in [6.45, 7) is -1.10. The minimum atomic E-state index is -4.84. The summed E-state index contributed by atoms with van der Waals surface area (Å²) in [5.41, 5.74) is -0.472. The van der Waals surface area contributed by atoms with Crippen LogP contribution in [0.1, 0.15) is 18.1 Å². The first kappa shape index (κ1) is 18.6. The van der Waals surface area contributed by atoms with Gasteiger partial charge in [0.1, 0.15) is 0 Å². The molecule has 0 fully saturated rings. The number of carbonyl (C=O) groups excluding carboxylic acids is 1. The van der Waals surface area contributed by atoms with E-state index in [1.54, 1.807) is 5.43 Å². The van der Waals surface area contributed by atoms with Gasteiger partial charge in [-0.1, -0.05) is 0 Å². The lowest BCUT2D eigenvalue weighted by molar-refractivity contribution is -0.137. The van der Waals surface area contributed by atoms with Crippen LogP contribution in [0.5, 0.6) is 0 Å². The lowest BCUT2D eigenvalue weighted by Gasteiger charge is -2.27. The van der Waals surface area contributed by atoms with Gasteiger partial charge < -0.3 is 4.90 Å². The summed E-state index contributed by atoms with van der Waals surface area (Å²) in [4.78, 5) is 12.0. The van der Waals surface area contributed by atoms with E-state index < -0.39 is 42.2 Å². The van der Waals surface area contributed by atoms with Crippen LogP contribution < -0.4 is 16.2 Å². The highest BCUT2D eigenvalue weighted by atomic mass is 19.4. The Bertz CT molecular complexity index is 618. The Morgan fingerprint density at radius 1 is 1.35 bits per heavy atom. The fourth-order valence-electron chi connectivity index (χ4n) is 1.85. The van der Waals surface area contributed by atoms with Crippen molar-refractivity contribution in [2.75, 3.05) is 18.0 Å². The molecule has 126 valence electrons. The van der Waals surface area contributed by atoms with Gasteiger partial charge in [0.05, 0.1) is 30.3 Å². The molecule has 1 aromatic rings. The van der Waals surface area contributed by atoms with Crippen LogP contribution in [-0.4, -0.2) is 24.9 Å². The van der Waals surface area contributed by atoms with Crippen LogP contribution in [0.3, 0.4) is 0 Å². The van der Waals surface area contributed by atoms with Crippen molar-refractivity contribution in [3.05, 3.63) is 29.3 Å². The van der Waals surface area contributed by atoms with Crippen molar-refractivity contribution in [1.82, 2.24) is 5.43 Å². The second kappa shape index (κ2) is 6.78. The number of hydrazine groups is 1. The summed E-state index contributed by atoms with van der Waals surface area (Å²) in [6.07, 6.45) is -4.84. The van der Waals surface area contributed by atoms with Crippen LogP contribution in [-0.2, 0) is 11.0 Å². The summed E-state index contributed by atoms with van der Waals surface area (Å²) in [6, 6.07) is 3.85. The molecule has 0 aliphatic rings. The van der Waals surface area contributed by atoms with E-state index in [2.05, 4.69) is 0 Å². The first-order valence-corrected chi connectivity index (χ1v) is 6.21. The molecule has 0 spiro atoms. The number of nitrogens with zero attached hydrogens (tertiary/aromatic N) is 2. The number of anilines is 1. The Kier molecular flexibility index (Phi) is 5.50. The highest BCUT2D eigenvalue weighted by molar-refractivity contribution is 5.81. The summed E-state index contributed by atoms with van der Waals surface area (Å²) >= 11 is 0. The number of carbonyl (C=O) groups is 1. The number of nitriles is 1. The molecule has 0 heterocycles. The molecule has 10 heteroatoms. The fraction of sp³-hybridized carbons (Fsp3) is 0.385. The Morgan fingerprint density at radius 2 is 1.96 bits per heavy atom. The maximum atomic E-state index is 13.2. The number of amides is 1. The average molecular weight is 336 g/mol.